The molecule has 2 aliphatic rings. The minimum absolute atomic E-state index is 0.163. The van der Waals surface area contributed by atoms with Gasteiger partial charge in [0.2, 0.25) is 0 Å². The first-order chi connectivity index (χ1) is 14.1. The lowest BCUT2D eigenvalue weighted by Crippen LogP contribution is -2.45. The summed E-state index contributed by atoms with van der Waals surface area (Å²) in [7, 11) is -4.74. The monoisotopic (exact) mass is 446 g/mol. The molecular weight excluding hydrogens is 417 g/mol. The summed E-state index contributed by atoms with van der Waals surface area (Å²) in [4.78, 5) is 0. The van der Waals surface area contributed by atoms with E-state index in [2.05, 4.69) is 0 Å². The van der Waals surface area contributed by atoms with Crippen LogP contribution in [-0.4, -0.2) is 43.0 Å². The molecule has 3 atom stereocenters. The predicted octanol–water partition coefficient (Wildman–Crippen LogP) is 5.28. The zero-order valence-electron chi connectivity index (χ0n) is 17.7. The fourth-order valence-electron chi connectivity index (χ4n) is 3.73. The molecule has 6 nitrogen and oxygen atoms in total. The van der Waals surface area contributed by atoms with E-state index in [1.54, 1.807) is 13.8 Å². The van der Waals surface area contributed by atoms with Crippen molar-refractivity contribution < 1.29 is 36.6 Å². The second-order valence-electron chi connectivity index (χ2n) is 7.63. The Morgan fingerprint density at radius 3 is 2.37 bits per heavy atom. The van der Waals surface area contributed by atoms with Crippen LogP contribution in [0.5, 0.6) is 0 Å². The number of ether oxygens (including phenoxy) is 3. The first-order valence-electron chi connectivity index (χ1n) is 10.1. The molecular formula is C21H29F2O6P. The van der Waals surface area contributed by atoms with Gasteiger partial charge in [-0.1, -0.05) is 36.4 Å². The van der Waals surface area contributed by atoms with E-state index in [1.165, 1.54) is 19.9 Å². The van der Waals surface area contributed by atoms with Gasteiger partial charge in [-0.15, -0.1) is 0 Å². The summed E-state index contributed by atoms with van der Waals surface area (Å²) in [6, 6.07) is 9.55. The van der Waals surface area contributed by atoms with E-state index in [1.807, 2.05) is 30.3 Å². The SMILES string of the molecule is CCOP(=O)(OCC)C(F)(F)C1=CC[C@H](OCc2ccccc2)[C@@H]2OC(C)(C)O[C@H]12. The molecule has 3 rings (SSSR count). The van der Waals surface area contributed by atoms with Crippen molar-refractivity contribution in [2.75, 3.05) is 13.2 Å². The highest BCUT2D eigenvalue weighted by Gasteiger charge is 2.63. The van der Waals surface area contributed by atoms with E-state index in [0.29, 0.717) is 6.61 Å². The van der Waals surface area contributed by atoms with Gasteiger partial charge in [-0.3, -0.25) is 4.57 Å². The lowest BCUT2D eigenvalue weighted by Gasteiger charge is -2.36. The van der Waals surface area contributed by atoms with Crippen molar-refractivity contribution in [3.8, 4) is 0 Å². The Kier molecular flexibility index (Phi) is 7.17. The summed E-state index contributed by atoms with van der Waals surface area (Å²) in [5.74, 6) is -1.09. The van der Waals surface area contributed by atoms with Crippen molar-refractivity contribution in [1.82, 2.24) is 0 Å². The topological polar surface area (TPSA) is 63.2 Å². The van der Waals surface area contributed by atoms with Crippen molar-refractivity contribution in [2.24, 2.45) is 0 Å². The second-order valence-corrected chi connectivity index (χ2v) is 9.70. The van der Waals surface area contributed by atoms with E-state index in [0.717, 1.165) is 5.56 Å². The fraction of sp³-hybridized carbons (Fsp3) is 0.619. The molecule has 1 fully saturated rings. The molecule has 30 heavy (non-hydrogen) atoms. The summed E-state index contributed by atoms with van der Waals surface area (Å²) in [6.07, 6.45) is -0.900. The van der Waals surface area contributed by atoms with Gasteiger partial charge in [0.05, 0.1) is 25.9 Å². The fourth-order valence-corrected chi connectivity index (χ4v) is 5.34. The van der Waals surface area contributed by atoms with Crippen LogP contribution in [0.3, 0.4) is 0 Å². The van der Waals surface area contributed by atoms with E-state index in [9.17, 15) is 4.57 Å². The van der Waals surface area contributed by atoms with Crippen LogP contribution in [0.4, 0.5) is 8.78 Å². The minimum atomic E-state index is -4.74. The number of fused-ring (bicyclic) bond motifs is 1. The van der Waals surface area contributed by atoms with E-state index < -0.39 is 42.9 Å². The van der Waals surface area contributed by atoms with Crippen molar-refractivity contribution in [2.45, 2.75) is 70.5 Å². The maximum atomic E-state index is 15.4. The number of hydrogen-bond donors (Lipinski definition) is 0. The van der Waals surface area contributed by atoms with Crippen LogP contribution in [0.15, 0.2) is 42.0 Å². The third kappa shape index (κ3) is 4.69. The average molecular weight is 446 g/mol. The van der Waals surface area contributed by atoms with Crippen LogP contribution in [0, 0.1) is 0 Å². The van der Waals surface area contributed by atoms with Gasteiger partial charge in [-0.05, 0) is 39.7 Å². The van der Waals surface area contributed by atoms with Crippen molar-refractivity contribution >= 4 is 7.60 Å². The Bertz CT molecular complexity index is 788. The molecule has 0 aromatic heterocycles. The Hall–Kier alpha value is -1.15. The van der Waals surface area contributed by atoms with Crippen molar-refractivity contribution in [3.05, 3.63) is 47.5 Å². The van der Waals surface area contributed by atoms with E-state index >= 15 is 8.78 Å². The van der Waals surface area contributed by atoms with Gasteiger partial charge < -0.3 is 23.3 Å². The normalized spacial score (nSPS) is 26.3. The number of hydrogen-bond acceptors (Lipinski definition) is 6. The van der Waals surface area contributed by atoms with Crippen molar-refractivity contribution in [1.29, 1.82) is 0 Å². The first kappa shape index (κ1) is 23.5. The number of alkyl halides is 2. The Labute approximate surface area is 176 Å². The lowest BCUT2D eigenvalue weighted by molar-refractivity contribution is -0.158. The average Bonchev–Trinajstić information content (AvgIpc) is 3.02. The van der Waals surface area contributed by atoms with Crippen molar-refractivity contribution in [3.63, 3.8) is 0 Å². The molecule has 1 aliphatic heterocycles. The van der Waals surface area contributed by atoms with Gasteiger partial charge in [0.25, 0.3) is 0 Å². The third-order valence-electron chi connectivity index (χ3n) is 4.97. The molecule has 1 aromatic rings. The quantitative estimate of drug-likeness (QED) is 0.380. The molecule has 0 saturated carbocycles. The number of benzene rings is 1. The molecule has 168 valence electrons. The number of halogens is 2. The largest absolute Gasteiger partial charge is 0.404 e. The van der Waals surface area contributed by atoms with Crippen LogP contribution < -0.4 is 0 Å². The van der Waals surface area contributed by atoms with Gasteiger partial charge in [0.1, 0.15) is 12.2 Å². The number of rotatable bonds is 9. The highest BCUT2D eigenvalue weighted by molar-refractivity contribution is 7.55. The Morgan fingerprint density at radius 2 is 1.77 bits per heavy atom. The second kappa shape index (κ2) is 9.15. The molecule has 1 aliphatic carbocycles. The summed E-state index contributed by atoms with van der Waals surface area (Å²) >= 11 is 0. The van der Waals surface area contributed by atoms with Crippen LogP contribution in [0.1, 0.15) is 39.7 Å². The highest BCUT2D eigenvalue weighted by atomic mass is 31.2. The van der Waals surface area contributed by atoms with E-state index in [4.69, 9.17) is 23.3 Å². The predicted molar refractivity (Wildman–Crippen MR) is 107 cm³/mol. The van der Waals surface area contributed by atoms with E-state index in [-0.39, 0.29) is 19.6 Å². The summed E-state index contributed by atoms with van der Waals surface area (Å²) in [5.41, 5.74) is -3.33. The molecule has 0 bridgehead atoms. The van der Waals surface area contributed by atoms with Crippen LogP contribution in [0.2, 0.25) is 0 Å². The highest BCUT2D eigenvalue weighted by Crippen LogP contribution is 2.66. The smallest absolute Gasteiger partial charge is 0.370 e. The molecule has 1 heterocycles. The van der Waals surface area contributed by atoms with Gasteiger partial charge >= 0.3 is 13.3 Å². The molecule has 1 saturated heterocycles. The molecule has 0 amide bonds. The lowest BCUT2D eigenvalue weighted by atomic mass is 9.91. The molecule has 0 radical (unpaired) electrons. The minimum Gasteiger partial charge on any atom is -0.370 e. The maximum Gasteiger partial charge on any atom is 0.404 e. The summed E-state index contributed by atoms with van der Waals surface area (Å²) < 4.78 is 71.4. The maximum absolute atomic E-state index is 15.4. The van der Waals surface area contributed by atoms with Gasteiger partial charge in [-0.25, -0.2) is 0 Å². The first-order valence-corrected chi connectivity index (χ1v) is 11.7. The zero-order valence-corrected chi connectivity index (χ0v) is 18.6. The Morgan fingerprint density at radius 1 is 1.13 bits per heavy atom. The molecule has 9 heteroatoms. The summed E-state index contributed by atoms with van der Waals surface area (Å²) in [5, 5.41) is 0. The standard InChI is InChI=1S/C21H29F2O6P/c1-5-26-30(24,27-6-2)21(22,23)16-12-13-17(19-18(16)28-20(3,4)29-19)25-14-15-10-8-7-9-11-15/h7-12,17-19H,5-6,13-14H2,1-4H3/t17-,18+,19-/m0/s1. The molecule has 0 N–H and O–H groups in total. The third-order valence-corrected chi connectivity index (χ3v) is 7.11. The molecule has 0 unspecified atom stereocenters. The van der Waals surface area contributed by atoms with Crippen LogP contribution in [-0.2, 0) is 34.4 Å². The molecule has 0 spiro atoms. The molecule has 1 aromatic carbocycles. The Balaban J connectivity index is 1.87. The van der Waals surface area contributed by atoms with Crippen LogP contribution in [0.25, 0.3) is 0 Å². The zero-order chi connectivity index (χ0) is 22.0. The van der Waals surface area contributed by atoms with Gasteiger partial charge in [0.15, 0.2) is 5.79 Å². The van der Waals surface area contributed by atoms with Gasteiger partial charge in [0, 0.05) is 5.57 Å². The summed E-state index contributed by atoms with van der Waals surface area (Å²) in [6.45, 7) is 6.27. The van der Waals surface area contributed by atoms with Gasteiger partial charge in [-0.2, -0.15) is 8.78 Å². The van der Waals surface area contributed by atoms with Crippen LogP contribution >= 0.6 is 7.60 Å².